The summed E-state index contributed by atoms with van der Waals surface area (Å²) in [7, 11) is 1.96. The van der Waals surface area contributed by atoms with E-state index in [1.165, 1.54) is 16.7 Å². The summed E-state index contributed by atoms with van der Waals surface area (Å²) >= 11 is 0. The fraction of sp³-hybridized carbons (Fsp3) is 0.300. The van der Waals surface area contributed by atoms with Crippen LogP contribution < -0.4 is 4.90 Å². The van der Waals surface area contributed by atoms with E-state index < -0.39 is 11.7 Å². The Morgan fingerprint density at radius 1 is 0.958 bits per heavy atom. The van der Waals surface area contributed by atoms with Crippen molar-refractivity contribution in [1.29, 1.82) is 0 Å². The number of benzene rings is 2. The van der Waals surface area contributed by atoms with Crippen LogP contribution >= 0.6 is 0 Å². The number of ketones is 1. The monoisotopic (exact) mass is 322 g/mol. The molecular weight excluding hydrogens is 300 g/mol. The van der Waals surface area contributed by atoms with Crippen molar-refractivity contribution in [3.05, 3.63) is 64.2 Å². The highest BCUT2D eigenvalue weighted by Gasteiger charge is 2.36. The van der Waals surface area contributed by atoms with Gasteiger partial charge >= 0.3 is 5.91 Å². The lowest BCUT2D eigenvalue weighted by Gasteiger charge is -2.25. The van der Waals surface area contributed by atoms with E-state index >= 15 is 0 Å². The number of hydrogen-bond acceptors (Lipinski definition) is 3. The van der Waals surface area contributed by atoms with Gasteiger partial charge in [-0.3, -0.25) is 19.4 Å². The van der Waals surface area contributed by atoms with Crippen LogP contribution in [0.3, 0.4) is 0 Å². The summed E-state index contributed by atoms with van der Waals surface area (Å²) in [6, 6.07) is 12.0. The first-order valence-corrected chi connectivity index (χ1v) is 8.08. The quantitative estimate of drug-likeness (QED) is 0.812. The van der Waals surface area contributed by atoms with E-state index in [1.807, 2.05) is 26.1 Å². The van der Waals surface area contributed by atoms with Gasteiger partial charge in [-0.1, -0.05) is 35.4 Å². The van der Waals surface area contributed by atoms with Crippen molar-refractivity contribution in [3.8, 4) is 0 Å². The third kappa shape index (κ3) is 2.97. The first-order valence-electron chi connectivity index (χ1n) is 8.08. The van der Waals surface area contributed by atoms with Gasteiger partial charge in [0.2, 0.25) is 0 Å². The standard InChI is InChI=1S/C20H22N2O2/c1-13-5-7-16(15(3)9-13)11-21(4)12-22-18-8-6-14(2)10-17(18)19(23)20(22)24/h5-10H,11-12H2,1-4H3. The number of nitrogens with zero attached hydrogens (tertiary/aromatic N) is 2. The minimum absolute atomic E-state index is 0.397. The van der Waals surface area contributed by atoms with Gasteiger partial charge in [-0.05, 0) is 51.1 Å². The van der Waals surface area contributed by atoms with Crippen molar-refractivity contribution in [1.82, 2.24) is 4.90 Å². The summed E-state index contributed by atoms with van der Waals surface area (Å²) in [6.07, 6.45) is 0. The molecule has 1 aliphatic heterocycles. The smallest absolute Gasteiger partial charge is 0.291 e. The Kier molecular flexibility index (Phi) is 4.24. The molecule has 0 aromatic heterocycles. The number of carbonyl (C=O) groups is 2. The van der Waals surface area contributed by atoms with Crippen LogP contribution in [0.4, 0.5) is 5.69 Å². The van der Waals surface area contributed by atoms with Gasteiger partial charge in [0.1, 0.15) is 0 Å². The van der Waals surface area contributed by atoms with Crippen LogP contribution in [0.25, 0.3) is 0 Å². The molecule has 4 nitrogen and oxygen atoms in total. The number of fused-ring (bicyclic) bond motifs is 1. The van der Waals surface area contributed by atoms with Crippen LogP contribution in [-0.4, -0.2) is 30.3 Å². The Bertz CT molecular complexity index is 826. The molecule has 0 saturated carbocycles. The van der Waals surface area contributed by atoms with Crippen LogP contribution in [0, 0.1) is 20.8 Å². The van der Waals surface area contributed by atoms with E-state index in [0.29, 0.717) is 17.9 Å². The molecule has 0 fully saturated rings. The number of hydrogen-bond donors (Lipinski definition) is 0. The van der Waals surface area contributed by atoms with Crippen molar-refractivity contribution in [3.63, 3.8) is 0 Å². The number of rotatable bonds is 4. The predicted octanol–water partition coefficient (Wildman–Crippen LogP) is 3.23. The van der Waals surface area contributed by atoms with Crippen molar-refractivity contribution in [2.24, 2.45) is 0 Å². The van der Waals surface area contributed by atoms with Gasteiger partial charge in [-0.25, -0.2) is 0 Å². The lowest BCUT2D eigenvalue weighted by molar-refractivity contribution is -0.114. The molecule has 4 heteroatoms. The first-order chi connectivity index (χ1) is 11.4. The van der Waals surface area contributed by atoms with Gasteiger partial charge in [-0.2, -0.15) is 0 Å². The zero-order valence-electron chi connectivity index (χ0n) is 14.6. The van der Waals surface area contributed by atoms with E-state index in [1.54, 1.807) is 11.0 Å². The summed E-state index contributed by atoms with van der Waals surface area (Å²) in [5.41, 5.74) is 5.92. The van der Waals surface area contributed by atoms with Gasteiger partial charge in [0.25, 0.3) is 5.78 Å². The zero-order chi connectivity index (χ0) is 17.4. The number of amides is 1. The Morgan fingerprint density at radius 2 is 1.62 bits per heavy atom. The first kappa shape index (κ1) is 16.4. The molecule has 2 aromatic carbocycles. The molecule has 24 heavy (non-hydrogen) atoms. The van der Waals surface area contributed by atoms with E-state index in [9.17, 15) is 9.59 Å². The summed E-state index contributed by atoms with van der Waals surface area (Å²) < 4.78 is 0. The number of anilines is 1. The average Bonchev–Trinajstić information content (AvgIpc) is 2.75. The third-order valence-corrected chi connectivity index (χ3v) is 4.45. The molecule has 0 atom stereocenters. The number of carbonyl (C=O) groups excluding carboxylic acids is 2. The number of aryl methyl sites for hydroxylation is 3. The molecule has 2 aromatic rings. The van der Waals surface area contributed by atoms with Crippen LogP contribution in [0.2, 0.25) is 0 Å². The van der Waals surface area contributed by atoms with Crippen LogP contribution in [-0.2, 0) is 11.3 Å². The maximum absolute atomic E-state index is 12.3. The second-order valence-electron chi connectivity index (χ2n) is 6.67. The van der Waals surface area contributed by atoms with Gasteiger partial charge in [0.05, 0.1) is 17.9 Å². The van der Waals surface area contributed by atoms with E-state index in [-0.39, 0.29) is 0 Å². The molecule has 3 rings (SSSR count). The highest BCUT2D eigenvalue weighted by atomic mass is 16.2. The molecule has 0 N–H and O–H groups in total. The average molecular weight is 322 g/mol. The van der Waals surface area contributed by atoms with Crippen LogP contribution in [0.1, 0.15) is 32.6 Å². The minimum Gasteiger partial charge on any atom is -0.291 e. The summed E-state index contributed by atoms with van der Waals surface area (Å²) in [4.78, 5) is 28.1. The molecule has 0 saturated heterocycles. The van der Waals surface area contributed by atoms with Crippen molar-refractivity contribution in [2.45, 2.75) is 27.3 Å². The maximum atomic E-state index is 12.3. The molecule has 1 amide bonds. The van der Waals surface area contributed by atoms with Crippen molar-refractivity contribution < 1.29 is 9.59 Å². The Balaban J connectivity index is 1.79. The van der Waals surface area contributed by atoms with Crippen LogP contribution in [0.15, 0.2) is 36.4 Å². The molecule has 1 aliphatic rings. The molecule has 0 radical (unpaired) electrons. The normalized spacial score (nSPS) is 13.8. The highest BCUT2D eigenvalue weighted by molar-refractivity contribution is 6.52. The van der Waals surface area contributed by atoms with Crippen molar-refractivity contribution >= 4 is 17.4 Å². The van der Waals surface area contributed by atoms with Gasteiger partial charge in [0.15, 0.2) is 0 Å². The highest BCUT2D eigenvalue weighted by Crippen LogP contribution is 2.29. The second kappa shape index (κ2) is 6.21. The number of Topliss-reactive ketones (excluding diaryl/α,β-unsaturated/α-hetero) is 1. The molecule has 0 aliphatic carbocycles. The zero-order valence-corrected chi connectivity index (χ0v) is 14.6. The van der Waals surface area contributed by atoms with Gasteiger partial charge < -0.3 is 0 Å². The fourth-order valence-electron chi connectivity index (χ4n) is 3.16. The molecular formula is C20H22N2O2. The molecule has 0 unspecified atom stereocenters. The van der Waals surface area contributed by atoms with Crippen LogP contribution in [0.5, 0.6) is 0 Å². The van der Waals surface area contributed by atoms with E-state index in [0.717, 1.165) is 12.1 Å². The van der Waals surface area contributed by atoms with Gasteiger partial charge in [0, 0.05) is 6.54 Å². The second-order valence-corrected chi connectivity index (χ2v) is 6.67. The molecule has 124 valence electrons. The SMILES string of the molecule is Cc1ccc(CN(C)CN2C(=O)C(=O)c3cc(C)ccc32)c(C)c1. The summed E-state index contributed by atoms with van der Waals surface area (Å²) in [5, 5.41) is 0. The van der Waals surface area contributed by atoms with E-state index in [2.05, 4.69) is 36.9 Å². The molecule has 1 heterocycles. The lowest BCUT2D eigenvalue weighted by Crippen LogP contribution is -2.39. The predicted molar refractivity (Wildman–Crippen MR) is 95.2 cm³/mol. The maximum Gasteiger partial charge on any atom is 0.300 e. The third-order valence-electron chi connectivity index (χ3n) is 4.45. The minimum atomic E-state index is -0.442. The lowest BCUT2D eigenvalue weighted by atomic mass is 10.1. The van der Waals surface area contributed by atoms with Gasteiger partial charge in [-0.15, -0.1) is 0 Å². The fourth-order valence-corrected chi connectivity index (χ4v) is 3.16. The molecule has 0 spiro atoms. The van der Waals surface area contributed by atoms with Crippen molar-refractivity contribution in [2.75, 3.05) is 18.6 Å². The molecule has 0 bridgehead atoms. The Morgan fingerprint density at radius 3 is 2.33 bits per heavy atom. The topological polar surface area (TPSA) is 40.6 Å². The Hall–Kier alpha value is -2.46. The van der Waals surface area contributed by atoms with E-state index in [4.69, 9.17) is 0 Å². The summed E-state index contributed by atoms with van der Waals surface area (Å²) in [6.45, 7) is 7.22. The summed E-state index contributed by atoms with van der Waals surface area (Å²) in [5.74, 6) is -0.850. The largest absolute Gasteiger partial charge is 0.300 e. The Labute approximate surface area is 142 Å².